The average molecular weight is 411 g/mol. The molecule has 1 aromatic heterocycles. The Labute approximate surface area is 177 Å². The van der Waals surface area contributed by atoms with E-state index in [0.717, 1.165) is 24.3 Å². The monoisotopic (exact) mass is 410 g/mol. The highest BCUT2D eigenvalue weighted by molar-refractivity contribution is 5.85. The maximum absolute atomic E-state index is 12.8. The van der Waals surface area contributed by atoms with Crippen molar-refractivity contribution < 1.29 is 4.79 Å². The molecule has 2 heterocycles. The number of carbonyl (C=O) groups excluding carboxylic acids is 1. The number of rotatable bonds is 6. The molecule has 0 unspecified atom stereocenters. The van der Waals surface area contributed by atoms with Crippen LogP contribution in [-0.2, 0) is 11.2 Å². The fourth-order valence-electron chi connectivity index (χ4n) is 4.01. The average Bonchev–Trinajstić information content (AvgIpc) is 3.40. The maximum Gasteiger partial charge on any atom is 0.222 e. The summed E-state index contributed by atoms with van der Waals surface area (Å²) in [6, 6.07) is 20.4. The maximum atomic E-state index is 12.8. The van der Waals surface area contributed by atoms with Crippen molar-refractivity contribution in [2.75, 3.05) is 19.6 Å². The molecule has 1 aliphatic rings. The zero-order valence-corrected chi connectivity index (χ0v) is 17.2. The van der Waals surface area contributed by atoms with E-state index in [2.05, 4.69) is 29.4 Å². The van der Waals surface area contributed by atoms with Gasteiger partial charge < -0.3 is 10.6 Å². The highest BCUT2D eigenvalue weighted by Crippen LogP contribution is 2.32. The van der Waals surface area contributed by atoms with Gasteiger partial charge in [-0.15, -0.1) is 12.4 Å². The smallest absolute Gasteiger partial charge is 0.222 e. The fourth-order valence-corrected chi connectivity index (χ4v) is 4.01. The first-order valence-electron chi connectivity index (χ1n) is 9.86. The predicted molar refractivity (Wildman–Crippen MR) is 117 cm³/mol. The van der Waals surface area contributed by atoms with Crippen LogP contribution in [0.4, 0.5) is 0 Å². The minimum atomic E-state index is 0. The largest absolute Gasteiger partial charge is 0.342 e. The van der Waals surface area contributed by atoms with E-state index in [-0.39, 0.29) is 18.3 Å². The summed E-state index contributed by atoms with van der Waals surface area (Å²) in [5, 5.41) is 4.41. The number of carbonyl (C=O) groups is 1. The molecular weight excluding hydrogens is 384 g/mol. The van der Waals surface area contributed by atoms with Gasteiger partial charge in [-0.2, -0.15) is 5.10 Å². The second kappa shape index (κ2) is 9.72. The number of amides is 1. The lowest BCUT2D eigenvalue weighted by Gasteiger charge is -2.16. The van der Waals surface area contributed by atoms with Crippen LogP contribution in [0, 0.1) is 5.92 Å². The molecule has 5 nitrogen and oxygen atoms in total. The third-order valence-electron chi connectivity index (χ3n) is 5.61. The Morgan fingerprint density at radius 1 is 1.03 bits per heavy atom. The van der Waals surface area contributed by atoms with E-state index in [4.69, 9.17) is 5.73 Å². The third-order valence-corrected chi connectivity index (χ3v) is 5.61. The van der Waals surface area contributed by atoms with Gasteiger partial charge in [0.25, 0.3) is 0 Å². The molecule has 1 amide bonds. The number of hydrogen-bond donors (Lipinski definition) is 1. The highest BCUT2D eigenvalue weighted by Gasteiger charge is 2.34. The van der Waals surface area contributed by atoms with Gasteiger partial charge in [-0.1, -0.05) is 48.5 Å². The van der Waals surface area contributed by atoms with Gasteiger partial charge in [-0.25, -0.2) is 4.68 Å². The quantitative estimate of drug-likeness (QED) is 0.677. The van der Waals surface area contributed by atoms with Crippen LogP contribution in [0.2, 0.25) is 0 Å². The summed E-state index contributed by atoms with van der Waals surface area (Å²) in [6.07, 6.45) is 5.05. The summed E-state index contributed by atoms with van der Waals surface area (Å²) in [5.74, 6) is 0.854. The topological polar surface area (TPSA) is 64.2 Å². The van der Waals surface area contributed by atoms with Crippen LogP contribution < -0.4 is 5.73 Å². The molecule has 4 rings (SSSR count). The first kappa shape index (κ1) is 21.1. The van der Waals surface area contributed by atoms with Crippen LogP contribution in [0.1, 0.15) is 23.5 Å². The summed E-state index contributed by atoms with van der Waals surface area (Å²) in [4.78, 5) is 14.8. The Kier molecular flexibility index (Phi) is 7.07. The first-order chi connectivity index (χ1) is 13.7. The van der Waals surface area contributed by atoms with Crippen molar-refractivity contribution in [3.05, 3.63) is 84.2 Å². The number of hydrogen-bond acceptors (Lipinski definition) is 3. The number of nitrogens with zero attached hydrogens (tertiary/aromatic N) is 3. The van der Waals surface area contributed by atoms with Crippen molar-refractivity contribution in [1.82, 2.24) is 14.7 Å². The van der Waals surface area contributed by atoms with Gasteiger partial charge in [0, 0.05) is 31.6 Å². The molecule has 1 saturated heterocycles. The van der Waals surface area contributed by atoms with Gasteiger partial charge in [-0.3, -0.25) is 4.79 Å². The second-order valence-electron chi connectivity index (χ2n) is 7.44. The van der Waals surface area contributed by atoms with Crippen molar-refractivity contribution in [2.24, 2.45) is 11.7 Å². The number of aryl methyl sites for hydroxylation is 1. The van der Waals surface area contributed by atoms with E-state index in [1.165, 1.54) is 5.56 Å². The van der Waals surface area contributed by atoms with Crippen molar-refractivity contribution in [1.29, 1.82) is 0 Å². The molecule has 0 saturated carbocycles. The van der Waals surface area contributed by atoms with Crippen LogP contribution in [0.25, 0.3) is 5.69 Å². The van der Waals surface area contributed by atoms with Crippen LogP contribution in [0.3, 0.4) is 0 Å². The van der Waals surface area contributed by atoms with Crippen LogP contribution >= 0.6 is 12.4 Å². The lowest BCUT2D eigenvalue weighted by molar-refractivity contribution is -0.130. The molecule has 2 N–H and O–H groups in total. The van der Waals surface area contributed by atoms with E-state index in [9.17, 15) is 4.79 Å². The molecule has 1 fully saturated rings. The SMILES string of the molecule is Cl.NC[C@@H]1CN(C(=O)CCc2cnn(-c3ccccc3)c2)C[C@H]1c1ccccc1. The summed E-state index contributed by atoms with van der Waals surface area (Å²) < 4.78 is 1.85. The predicted octanol–water partition coefficient (Wildman–Crippen LogP) is 3.43. The number of benzene rings is 2. The number of likely N-dealkylation sites (tertiary alicyclic amines) is 1. The van der Waals surface area contributed by atoms with E-state index in [1.807, 2.05) is 58.4 Å². The molecule has 2 atom stereocenters. The minimum Gasteiger partial charge on any atom is -0.342 e. The van der Waals surface area contributed by atoms with Gasteiger partial charge in [0.1, 0.15) is 0 Å². The molecular formula is C23H27ClN4O. The van der Waals surface area contributed by atoms with E-state index < -0.39 is 0 Å². The Morgan fingerprint density at radius 2 is 1.72 bits per heavy atom. The fraction of sp³-hybridized carbons (Fsp3) is 0.304. The molecule has 0 spiro atoms. The number of para-hydroxylation sites is 1. The van der Waals surface area contributed by atoms with Crippen LogP contribution in [0.5, 0.6) is 0 Å². The van der Waals surface area contributed by atoms with Gasteiger partial charge in [0.05, 0.1) is 11.9 Å². The lowest BCUT2D eigenvalue weighted by atomic mass is 9.89. The number of aromatic nitrogens is 2. The van der Waals surface area contributed by atoms with Crippen LogP contribution in [-0.4, -0.2) is 40.2 Å². The summed E-state index contributed by atoms with van der Waals surface area (Å²) >= 11 is 0. The zero-order valence-electron chi connectivity index (χ0n) is 16.4. The van der Waals surface area contributed by atoms with Crippen molar-refractivity contribution in [2.45, 2.75) is 18.8 Å². The Hall–Kier alpha value is -2.63. The molecule has 0 bridgehead atoms. The molecule has 6 heteroatoms. The van der Waals surface area contributed by atoms with E-state index in [1.54, 1.807) is 0 Å². The van der Waals surface area contributed by atoms with Gasteiger partial charge in [-0.05, 0) is 42.1 Å². The first-order valence-corrected chi connectivity index (χ1v) is 9.86. The molecule has 152 valence electrons. The highest BCUT2D eigenvalue weighted by atomic mass is 35.5. The minimum absolute atomic E-state index is 0. The summed E-state index contributed by atoms with van der Waals surface area (Å²) in [6.45, 7) is 2.11. The lowest BCUT2D eigenvalue weighted by Crippen LogP contribution is -2.30. The molecule has 3 aromatic rings. The normalized spacial score (nSPS) is 18.4. The van der Waals surface area contributed by atoms with Gasteiger partial charge in [0.15, 0.2) is 0 Å². The zero-order chi connectivity index (χ0) is 19.3. The number of halogens is 1. The molecule has 1 aliphatic heterocycles. The van der Waals surface area contributed by atoms with Crippen molar-refractivity contribution in [3.63, 3.8) is 0 Å². The standard InChI is InChI=1S/C23H26N4O.ClH/c24-13-20-16-26(17-22(20)19-7-3-1-4-8-19)23(28)12-11-18-14-25-27(15-18)21-9-5-2-6-10-21;/h1-10,14-15,20,22H,11-13,16-17,24H2;1H/t20-,22+;/m1./s1. The van der Waals surface area contributed by atoms with E-state index in [0.29, 0.717) is 31.2 Å². The van der Waals surface area contributed by atoms with E-state index >= 15 is 0 Å². The summed E-state index contributed by atoms with van der Waals surface area (Å²) in [7, 11) is 0. The molecule has 2 aromatic carbocycles. The summed E-state index contributed by atoms with van der Waals surface area (Å²) in [5.41, 5.74) is 9.37. The van der Waals surface area contributed by atoms with Crippen molar-refractivity contribution in [3.8, 4) is 5.69 Å². The number of nitrogens with two attached hydrogens (primary N) is 1. The second-order valence-corrected chi connectivity index (χ2v) is 7.44. The van der Waals surface area contributed by atoms with Gasteiger partial charge in [0.2, 0.25) is 5.91 Å². The molecule has 0 aliphatic carbocycles. The molecule has 0 radical (unpaired) electrons. The Morgan fingerprint density at radius 3 is 2.41 bits per heavy atom. The van der Waals surface area contributed by atoms with Crippen molar-refractivity contribution >= 4 is 18.3 Å². The third kappa shape index (κ3) is 4.86. The van der Waals surface area contributed by atoms with Crippen LogP contribution in [0.15, 0.2) is 73.1 Å². The van der Waals surface area contributed by atoms with Gasteiger partial charge >= 0.3 is 0 Å². The Bertz CT molecular complexity index is 913. The molecule has 29 heavy (non-hydrogen) atoms. The Balaban J connectivity index is 0.00000240.